The van der Waals surface area contributed by atoms with Crippen LogP contribution in [0.5, 0.6) is 0 Å². The predicted molar refractivity (Wildman–Crippen MR) is 115 cm³/mol. The van der Waals surface area contributed by atoms with E-state index in [9.17, 15) is 13.2 Å². The minimum absolute atomic E-state index is 0.166. The molecule has 0 atom stereocenters. The van der Waals surface area contributed by atoms with Crippen LogP contribution in [0.15, 0.2) is 67.0 Å². The molecule has 9 heteroatoms. The minimum atomic E-state index is -3.86. The van der Waals surface area contributed by atoms with E-state index < -0.39 is 21.7 Å². The van der Waals surface area contributed by atoms with Crippen LogP contribution in [0.3, 0.4) is 0 Å². The number of nitrogens with zero attached hydrogens (tertiary/aromatic N) is 1. The third-order valence-corrected chi connectivity index (χ3v) is 5.92. The first kappa shape index (κ1) is 21.1. The second kappa shape index (κ2) is 9.26. The Morgan fingerprint density at radius 1 is 0.966 bits per heavy atom. The number of para-hydroxylation sites is 1. The molecule has 0 saturated carbocycles. The fraction of sp³-hybridized carbons (Fsp3) is 0.100. The monoisotopic (exact) mass is 449 g/mol. The maximum Gasteiger partial charge on any atom is 0.253 e. The quantitative estimate of drug-likeness (QED) is 0.563. The van der Waals surface area contributed by atoms with Gasteiger partial charge in [-0.15, -0.1) is 0 Å². The Labute approximate surface area is 178 Å². The first-order chi connectivity index (χ1) is 13.9. The van der Waals surface area contributed by atoms with Crippen molar-refractivity contribution in [3.8, 4) is 0 Å². The lowest BCUT2D eigenvalue weighted by atomic mass is 10.1. The highest BCUT2D eigenvalue weighted by atomic mass is 35.5. The summed E-state index contributed by atoms with van der Waals surface area (Å²) >= 11 is 12.1. The molecule has 3 aromatic rings. The molecule has 2 aromatic carbocycles. The van der Waals surface area contributed by atoms with E-state index in [-0.39, 0.29) is 27.8 Å². The molecule has 0 aliphatic carbocycles. The number of aromatic nitrogens is 1. The molecule has 0 saturated heterocycles. The molecule has 0 bridgehead atoms. The van der Waals surface area contributed by atoms with Crippen molar-refractivity contribution in [1.29, 1.82) is 0 Å². The van der Waals surface area contributed by atoms with E-state index in [1.54, 1.807) is 54.9 Å². The zero-order chi connectivity index (χ0) is 20.9. The molecule has 0 spiro atoms. The summed E-state index contributed by atoms with van der Waals surface area (Å²) in [5, 5.41) is 3.26. The molecule has 29 heavy (non-hydrogen) atoms. The minimum Gasteiger partial charge on any atom is -0.348 e. The average Bonchev–Trinajstić information content (AvgIpc) is 2.70. The van der Waals surface area contributed by atoms with Gasteiger partial charge in [0.1, 0.15) is 0 Å². The maximum absolute atomic E-state index is 12.7. The molecule has 6 nitrogen and oxygen atoms in total. The van der Waals surface area contributed by atoms with Gasteiger partial charge < -0.3 is 5.32 Å². The van der Waals surface area contributed by atoms with Crippen LogP contribution in [0.1, 0.15) is 21.5 Å². The molecule has 1 amide bonds. The number of hydrogen-bond acceptors (Lipinski definition) is 4. The highest BCUT2D eigenvalue weighted by molar-refractivity contribution is 7.91. The molecule has 0 aliphatic heterocycles. The summed E-state index contributed by atoms with van der Waals surface area (Å²) in [7, 11) is -3.86. The summed E-state index contributed by atoms with van der Waals surface area (Å²) in [6.07, 6.45) is 3.28. The standard InChI is InChI=1S/C20H17Cl2N3O3S/c21-17-7-3-8-18(22)16(17)13-29(27,28)25-19-9-2-1-6-15(19)20(26)24-12-14-5-4-10-23-11-14/h1-11,25H,12-13H2,(H,24,26). The van der Waals surface area contributed by atoms with Gasteiger partial charge >= 0.3 is 0 Å². The highest BCUT2D eigenvalue weighted by Crippen LogP contribution is 2.27. The van der Waals surface area contributed by atoms with E-state index in [1.807, 2.05) is 6.07 Å². The van der Waals surface area contributed by atoms with Crippen molar-refractivity contribution in [3.63, 3.8) is 0 Å². The molecule has 0 unspecified atom stereocenters. The number of rotatable bonds is 7. The zero-order valence-electron chi connectivity index (χ0n) is 15.1. The number of benzene rings is 2. The predicted octanol–water partition coefficient (Wildman–Crippen LogP) is 4.26. The van der Waals surface area contributed by atoms with Crippen molar-refractivity contribution < 1.29 is 13.2 Å². The van der Waals surface area contributed by atoms with Crippen molar-refractivity contribution in [1.82, 2.24) is 10.3 Å². The summed E-state index contributed by atoms with van der Waals surface area (Å²) in [5.41, 5.74) is 1.48. The van der Waals surface area contributed by atoms with Crippen molar-refractivity contribution in [2.45, 2.75) is 12.3 Å². The van der Waals surface area contributed by atoms with Crippen LogP contribution in [-0.2, 0) is 22.3 Å². The highest BCUT2D eigenvalue weighted by Gasteiger charge is 2.19. The zero-order valence-corrected chi connectivity index (χ0v) is 17.4. The molecule has 1 heterocycles. The van der Waals surface area contributed by atoms with Gasteiger partial charge in [0.2, 0.25) is 10.0 Å². The Balaban J connectivity index is 1.77. The number of sulfonamides is 1. The summed E-state index contributed by atoms with van der Waals surface area (Å²) in [6.45, 7) is 0.267. The van der Waals surface area contributed by atoms with Crippen molar-refractivity contribution >= 4 is 44.8 Å². The van der Waals surface area contributed by atoms with Crippen LogP contribution >= 0.6 is 23.2 Å². The second-order valence-electron chi connectivity index (χ2n) is 6.15. The number of hydrogen-bond donors (Lipinski definition) is 2. The van der Waals surface area contributed by atoms with E-state index in [4.69, 9.17) is 23.2 Å². The average molecular weight is 450 g/mol. The number of carbonyl (C=O) groups is 1. The summed E-state index contributed by atoms with van der Waals surface area (Å²) in [6, 6.07) is 14.7. The largest absolute Gasteiger partial charge is 0.348 e. The molecule has 0 fully saturated rings. The van der Waals surface area contributed by atoms with Gasteiger partial charge in [0.15, 0.2) is 0 Å². The third-order valence-electron chi connectivity index (χ3n) is 4.01. The number of amides is 1. The first-order valence-electron chi connectivity index (χ1n) is 8.55. The van der Waals surface area contributed by atoms with Crippen LogP contribution < -0.4 is 10.0 Å². The Bertz CT molecular complexity index is 1100. The normalized spacial score (nSPS) is 11.1. The van der Waals surface area contributed by atoms with Gasteiger partial charge in [-0.2, -0.15) is 0 Å². The van der Waals surface area contributed by atoms with Crippen molar-refractivity contribution in [2.24, 2.45) is 0 Å². The molecule has 150 valence electrons. The molecular formula is C20H17Cl2N3O3S. The second-order valence-corrected chi connectivity index (χ2v) is 8.69. The number of halogens is 2. The van der Waals surface area contributed by atoms with Gasteiger partial charge in [0, 0.05) is 34.5 Å². The lowest BCUT2D eigenvalue weighted by Gasteiger charge is -2.14. The first-order valence-corrected chi connectivity index (χ1v) is 11.0. The molecule has 1 aromatic heterocycles. The summed E-state index contributed by atoms with van der Waals surface area (Å²) in [4.78, 5) is 16.6. The fourth-order valence-corrected chi connectivity index (χ4v) is 4.58. The molecule has 0 aliphatic rings. The summed E-state index contributed by atoms with van der Waals surface area (Å²) < 4.78 is 27.8. The molecular weight excluding hydrogens is 433 g/mol. The van der Waals surface area contributed by atoms with E-state index in [1.165, 1.54) is 6.07 Å². The maximum atomic E-state index is 12.7. The Morgan fingerprint density at radius 2 is 1.69 bits per heavy atom. The van der Waals surface area contributed by atoms with Crippen molar-refractivity contribution in [3.05, 3.63) is 93.7 Å². The lowest BCUT2D eigenvalue weighted by Crippen LogP contribution is -2.25. The van der Waals surface area contributed by atoms with E-state index in [2.05, 4.69) is 15.0 Å². The number of carbonyl (C=O) groups excluding carboxylic acids is 1. The molecule has 3 rings (SSSR count). The van der Waals surface area contributed by atoms with E-state index in [0.29, 0.717) is 5.56 Å². The third kappa shape index (κ3) is 5.69. The van der Waals surface area contributed by atoms with Crippen LogP contribution in [-0.4, -0.2) is 19.3 Å². The topological polar surface area (TPSA) is 88.2 Å². The lowest BCUT2D eigenvalue weighted by molar-refractivity contribution is 0.0952. The van der Waals surface area contributed by atoms with Crippen LogP contribution in [0.25, 0.3) is 0 Å². The fourth-order valence-electron chi connectivity index (χ4n) is 2.61. The number of pyridine rings is 1. The van der Waals surface area contributed by atoms with Crippen LogP contribution in [0.2, 0.25) is 10.0 Å². The van der Waals surface area contributed by atoms with Gasteiger partial charge in [-0.05, 0) is 35.9 Å². The van der Waals surface area contributed by atoms with Crippen LogP contribution in [0, 0.1) is 0 Å². The van der Waals surface area contributed by atoms with Crippen LogP contribution in [0.4, 0.5) is 5.69 Å². The van der Waals surface area contributed by atoms with Gasteiger partial charge in [-0.25, -0.2) is 8.42 Å². The van der Waals surface area contributed by atoms with E-state index >= 15 is 0 Å². The van der Waals surface area contributed by atoms with Gasteiger partial charge in [-0.1, -0.05) is 47.5 Å². The Kier molecular flexibility index (Phi) is 6.74. The van der Waals surface area contributed by atoms with Gasteiger partial charge in [0.05, 0.1) is 17.0 Å². The van der Waals surface area contributed by atoms with Gasteiger partial charge in [0.25, 0.3) is 5.91 Å². The van der Waals surface area contributed by atoms with Crippen molar-refractivity contribution in [2.75, 3.05) is 4.72 Å². The summed E-state index contributed by atoms with van der Waals surface area (Å²) in [5.74, 6) is -0.833. The molecule has 0 radical (unpaired) electrons. The Morgan fingerprint density at radius 3 is 2.38 bits per heavy atom. The molecule has 2 N–H and O–H groups in total. The van der Waals surface area contributed by atoms with E-state index in [0.717, 1.165) is 5.56 Å². The smallest absolute Gasteiger partial charge is 0.253 e. The number of nitrogens with one attached hydrogen (secondary N) is 2. The van der Waals surface area contributed by atoms with Gasteiger partial charge in [-0.3, -0.25) is 14.5 Å². The number of anilines is 1. The Hall–Kier alpha value is -2.61. The SMILES string of the molecule is O=C(NCc1cccnc1)c1ccccc1NS(=O)(=O)Cc1c(Cl)cccc1Cl.